The molecule has 17 heavy (non-hydrogen) atoms. The molecule has 0 aliphatic heterocycles. The third-order valence-corrected chi connectivity index (χ3v) is 2.59. The molecule has 1 heterocycles. The van der Waals surface area contributed by atoms with Crippen LogP contribution in [0, 0.1) is 0 Å². The lowest BCUT2D eigenvalue weighted by atomic mass is 10.1. The number of ether oxygens (including phenoxy) is 2. The van der Waals surface area contributed by atoms with E-state index in [0.29, 0.717) is 5.56 Å². The van der Waals surface area contributed by atoms with Crippen LogP contribution < -0.4 is 4.74 Å². The zero-order valence-electron chi connectivity index (χ0n) is 9.80. The van der Waals surface area contributed by atoms with Gasteiger partial charge in [-0.2, -0.15) is 0 Å². The second kappa shape index (κ2) is 6.24. The van der Waals surface area contributed by atoms with Crippen LogP contribution >= 0.6 is 11.8 Å². The lowest BCUT2D eigenvalue weighted by molar-refractivity contribution is -0.150. The normalized spacial score (nSPS) is 11.7. The molecule has 0 spiro atoms. The standard InChI is InChI=1S/C11H13NO4S/c1-7(13)16-9(11(14)17-3)8-5-4-6-12-10(8)15-2/h4-6,9H,1-3H3. The van der Waals surface area contributed by atoms with Crippen molar-refractivity contribution in [3.05, 3.63) is 23.9 Å². The number of hydrogen-bond donors (Lipinski definition) is 0. The Hall–Kier alpha value is -1.56. The highest BCUT2D eigenvalue weighted by atomic mass is 32.2. The lowest BCUT2D eigenvalue weighted by Gasteiger charge is -2.16. The molecule has 0 fully saturated rings. The number of esters is 1. The van der Waals surface area contributed by atoms with Crippen LogP contribution in [-0.2, 0) is 14.3 Å². The van der Waals surface area contributed by atoms with E-state index in [0.717, 1.165) is 11.8 Å². The van der Waals surface area contributed by atoms with Gasteiger partial charge in [-0.1, -0.05) is 11.8 Å². The van der Waals surface area contributed by atoms with Gasteiger partial charge in [0.05, 0.1) is 12.7 Å². The van der Waals surface area contributed by atoms with Crippen molar-refractivity contribution >= 4 is 22.8 Å². The Balaban J connectivity index is 3.11. The van der Waals surface area contributed by atoms with E-state index in [1.807, 2.05) is 0 Å². The molecule has 1 aromatic rings. The van der Waals surface area contributed by atoms with Crippen LogP contribution in [0.15, 0.2) is 18.3 Å². The quantitative estimate of drug-likeness (QED) is 0.761. The van der Waals surface area contributed by atoms with Gasteiger partial charge in [0, 0.05) is 13.1 Å². The predicted octanol–water partition coefficient (Wildman–Crippen LogP) is 1.58. The molecule has 0 amide bonds. The average molecular weight is 255 g/mol. The second-order valence-electron chi connectivity index (χ2n) is 3.11. The van der Waals surface area contributed by atoms with Gasteiger partial charge in [0.1, 0.15) is 0 Å². The molecule has 5 nitrogen and oxygen atoms in total. The maximum atomic E-state index is 11.7. The van der Waals surface area contributed by atoms with Gasteiger partial charge in [-0.3, -0.25) is 9.59 Å². The summed E-state index contributed by atoms with van der Waals surface area (Å²) in [5, 5.41) is -0.272. The molecule has 0 bridgehead atoms. The van der Waals surface area contributed by atoms with Gasteiger partial charge in [0.2, 0.25) is 17.1 Å². The van der Waals surface area contributed by atoms with Crippen LogP contribution in [0.25, 0.3) is 0 Å². The minimum absolute atomic E-state index is 0.272. The smallest absolute Gasteiger partial charge is 0.303 e. The Morgan fingerprint density at radius 2 is 2.18 bits per heavy atom. The fourth-order valence-electron chi connectivity index (χ4n) is 1.28. The van der Waals surface area contributed by atoms with E-state index in [9.17, 15) is 9.59 Å². The van der Waals surface area contributed by atoms with Crippen molar-refractivity contribution in [2.24, 2.45) is 0 Å². The molecule has 1 atom stereocenters. The summed E-state index contributed by atoms with van der Waals surface area (Å²) in [6, 6.07) is 3.30. The maximum absolute atomic E-state index is 11.7. The largest absolute Gasteiger partial charge is 0.481 e. The fourth-order valence-corrected chi connectivity index (χ4v) is 1.67. The topological polar surface area (TPSA) is 65.5 Å². The molecular weight excluding hydrogens is 242 g/mol. The van der Waals surface area contributed by atoms with Gasteiger partial charge in [-0.15, -0.1) is 0 Å². The van der Waals surface area contributed by atoms with Crippen molar-refractivity contribution in [1.29, 1.82) is 0 Å². The predicted molar refractivity (Wildman–Crippen MR) is 63.8 cm³/mol. The van der Waals surface area contributed by atoms with Crippen LogP contribution in [0.3, 0.4) is 0 Å². The number of carbonyl (C=O) groups excluding carboxylic acids is 2. The molecule has 0 saturated heterocycles. The number of nitrogens with zero attached hydrogens (tertiary/aromatic N) is 1. The molecule has 1 unspecified atom stereocenters. The van der Waals surface area contributed by atoms with Crippen molar-refractivity contribution in [2.45, 2.75) is 13.0 Å². The number of methoxy groups -OCH3 is 1. The second-order valence-corrected chi connectivity index (χ2v) is 3.93. The maximum Gasteiger partial charge on any atom is 0.303 e. The van der Waals surface area contributed by atoms with E-state index < -0.39 is 12.1 Å². The first kappa shape index (κ1) is 13.5. The summed E-state index contributed by atoms with van der Waals surface area (Å²) < 4.78 is 10.0. The first-order valence-corrected chi connectivity index (χ1v) is 6.06. The van der Waals surface area contributed by atoms with E-state index >= 15 is 0 Å². The summed E-state index contributed by atoms with van der Waals surface area (Å²) >= 11 is 0.989. The minimum Gasteiger partial charge on any atom is -0.481 e. The summed E-state index contributed by atoms with van der Waals surface area (Å²) in [6.07, 6.45) is 2.18. The number of thioether (sulfide) groups is 1. The van der Waals surface area contributed by atoms with Crippen molar-refractivity contribution in [3.8, 4) is 5.88 Å². The Kier molecular flexibility index (Phi) is 4.96. The van der Waals surface area contributed by atoms with Crippen LogP contribution in [-0.4, -0.2) is 29.4 Å². The molecule has 0 aliphatic rings. The Morgan fingerprint density at radius 3 is 2.71 bits per heavy atom. The van der Waals surface area contributed by atoms with Crippen molar-refractivity contribution in [2.75, 3.05) is 13.4 Å². The van der Waals surface area contributed by atoms with Gasteiger partial charge in [0.15, 0.2) is 0 Å². The molecule has 0 saturated carbocycles. The Bertz CT molecular complexity index is 422. The average Bonchev–Trinajstić information content (AvgIpc) is 2.34. The molecule has 1 aromatic heterocycles. The fraction of sp³-hybridized carbons (Fsp3) is 0.364. The van der Waals surface area contributed by atoms with Gasteiger partial charge in [-0.25, -0.2) is 4.98 Å². The first-order valence-electron chi connectivity index (χ1n) is 4.84. The zero-order chi connectivity index (χ0) is 12.8. The number of pyridine rings is 1. The highest BCUT2D eigenvalue weighted by Gasteiger charge is 2.26. The molecule has 0 aromatic carbocycles. The van der Waals surface area contributed by atoms with E-state index in [1.54, 1.807) is 18.4 Å². The summed E-state index contributed by atoms with van der Waals surface area (Å²) in [5.41, 5.74) is 0.449. The first-order chi connectivity index (χ1) is 8.10. The highest BCUT2D eigenvalue weighted by molar-refractivity contribution is 8.13. The molecule has 6 heteroatoms. The highest BCUT2D eigenvalue weighted by Crippen LogP contribution is 2.29. The third kappa shape index (κ3) is 3.45. The number of hydrogen-bond acceptors (Lipinski definition) is 6. The van der Waals surface area contributed by atoms with E-state index in [-0.39, 0.29) is 11.0 Å². The number of aromatic nitrogens is 1. The molecule has 92 valence electrons. The third-order valence-electron chi connectivity index (χ3n) is 1.98. The number of carbonyl (C=O) groups is 2. The minimum atomic E-state index is -0.980. The molecule has 1 rings (SSSR count). The van der Waals surface area contributed by atoms with Crippen LogP contribution in [0.2, 0.25) is 0 Å². The van der Waals surface area contributed by atoms with Crippen molar-refractivity contribution in [3.63, 3.8) is 0 Å². The monoisotopic (exact) mass is 255 g/mol. The Morgan fingerprint density at radius 1 is 1.47 bits per heavy atom. The molecule has 0 N–H and O–H groups in total. The van der Waals surface area contributed by atoms with Crippen LogP contribution in [0.4, 0.5) is 0 Å². The van der Waals surface area contributed by atoms with Crippen LogP contribution in [0.5, 0.6) is 5.88 Å². The lowest BCUT2D eigenvalue weighted by Crippen LogP contribution is -2.17. The van der Waals surface area contributed by atoms with Crippen molar-refractivity contribution in [1.82, 2.24) is 4.98 Å². The Labute approximate surface area is 104 Å². The molecule has 0 aliphatic carbocycles. The summed E-state index contributed by atoms with van der Waals surface area (Å²) in [7, 11) is 1.44. The number of rotatable bonds is 4. The van der Waals surface area contributed by atoms with Crippen LogP contribution in [0.1, 0.15) is 18.6 Å². The van der Waals surface area contributed by atoms with Gasteiger partial charge in [0.25, 0.3) is 0 Å². The summed E-state index contributed by atoms with van der Waals surface area (Å²) in [4.78, 5) is 26.7. The summed E-state index contributed by atoms with van der Waals surface area (Å²) in [5.74, 6) is -0.246. The zero-order valence-corrected chi connectivity index (χ0v) is 10.6. The molecule has 0 radical (unpaired) electrons. The molecular formula is C11H13NO4S. The summed E-state index contributed by atoms with van der Waals surface area (Å²) in [6.45, 7) is 1.25. The van der Waals surface area contributed by atoms with E-state index in [2.05, 4.69) is 4.98 Å². The van der Waals surface area contributed by atoms with Gasteiger partial charge < -0.3 is 9.47 Å². The van der Waals surface area contributed by atoms with E-state index in [1.165, 1.54) is 20.2 Å². The van der Waals surface area contributed by atoms with Gasteiger partial charge >= 0.3 is 5.97 Å². The van der Waals surface area contributed by atoms with Gasteiger partial charge in [-0.05, 0) is 18.4 Å². The van der Waals surface area contributed by atoms with Crippen molar-refractivity contribution < 1.29 is 19.1 Å². The SMILES string of the molecule is COc1ncccc1C(OC(C)=O)C(=O)SC. The van der Waals surface area contributed by atoms with E-state index in [4.69, 9.17) is 9.47 Å².